The molecule has 0 N–H and O–H groups in total. The highest BCUT2D eigenvalue weighted by atomic mass is 16.5. The first-order chi connectivity index (χ1) is 6.91. The van der Waals surface area contributed by atoms with E-state index in [0.29, 0.717) is 6.42 Å². The maximum Gasteiger partial charge on any atom is 0.302 e. The second kappa shape index (κ2) is 4.55. The van der Waals surface area contributed by atoms with Gasteiger partial charge in [-0.25, -0.2) is 0 Å². The molecule has 0 aromatic rings. The monoisotopic (exact) mass is 212 g/mol. The van der Waals surface area contributed by atoms with Gasteiger partial charge in [-0.15, -0.1) is 0 Å². The SMILES string of the molecule is CC(=O)OC(C)CC1C(=O)CC(=O)C1C. The average Bonchev–Trinajstić information content (AvgIpc) is 2.31. The summed E-state index contributed by atoms with van der Waals surface area (Å²) < 4.78 is 4.94. The Bertz CT molecular complexity index is 295. The summed E-state index contributed by atoms with van der Waals surface area (Å²) in [5, 5.41) is 0. The van der Waals surface area contributed by atoms with Crippen LogP contribution in [0.5, 0.6) is 0 Å². The molecule has 1 fully saturated rings. The highest BCUT2D eigenvalue weighted by Crippen LogP contribution is 2.29. The molecule has 1 aliphatic rings. The molecule has 0 amide bonds. The zero-order valence-electron chi connectivity index (χ0n) is 9.28. The van der Waals surface area contributed by atoms with Crippen molar-refractivity contribution in [3.8, 4) is 0 Å². The third-order valence-electron chi connectivity index (χ3n) is 2.83. The van der Waals surface area contributed by atoms with E-state index < -0.39 is 0 Å². The van der Waals surface area contributed by atoms with Crippen LogP contribution in [0.15, 0.2) is 0 Å². The molecule has 1 aliphatic carbocycles. The van der Waals surface area contributed by atoms with Crippen LogP contribution in [0.4, 0.5) is 0 Å². The van der Waals surface area contributed by atoms with Crippen molar-refractivity contribution < 1.29 is 19.1 Å². The Labute approximate surface area is 89.0 Å². The predicted molar refractivity (Wildman–Crippen MR) is 53.1 cm³/mol. The lowest BCUT2D eigenvalue weighted by Crippen LogP contribution is -2.23. The molecule has 0 bridgehead atoms. The van der Waals surface area contributed by atoms with Crippen molar-refractivity contribution in [1.29, 1.82) is 0 Å². The van der Waals surface area contributed by atoms with Crippen LogP contribution in [-0.4, -0.2) is 23.6 Å². The van der Waals surface area contributed by atoms with Crippen LogP contribution in [0.25, 0.3) is 0 Å². The molecule has 3 unspecified atom stereocenters. The van der Waals surface area contributed by atoms with Gasteiger partial charge < -0.3 is 4.74 Å². The molecule has 0 aliphatic heterocycles. The average molecular weight is 212 g/mol. The number of ether oxygens (including phenoxy) is 1. The summed E-state index contributed by atoms with van der Waals surface area (Å²) >= 11 is 0. The van der Waals surface area contributed by atoms with Crippen molar-refractivity contribution in [3.63, 3.8) is 0 Å². The first-order valence-corrected chi connectivity index (χ1v) is 5.14. The lowest BCUT2D eigenvalue weighted by Gasteiger charge is -2.17. The van der Waals surface area contributed by atoms with Crippen molar-refractivity contribution in [1.82, 2.24) is 0 Å². The molecular weight excluding hydrogens is 196 g/mol. The number of carbonyl (C=O) groups is 3. The number of carbonyl (C=O) groups excluding carboxylic acids is 3. The quantitative estimate of drug-likeness (QED) is 0.519. The number of hydrogen-bond acceptors (Lipinski definition) is 4. The summed E-state index contributed by atoms with van der Waals surface area (Å²) in [7, 11) is 0. The Kier molecular flexibility index (Phi) is 3.61. The van der Waals surface area contributed by atoms with E-state index in [2.05, 4.69) is 0 Å². The van der Waals surface area contributed by atoms with E-state index in [0.717, 1.165) is 0 Å². The van der Waals surface area contributed by atoms with Gasteiger partial charge in [-0.3, -0.25) is 14.4 Å². The third kappa shape index (κ3) is 2.88. The topological polar surface area (TPSA) is 60.4 Å². The van der Waals surface area contributed by atoms with E-state index in [4.69, 9.17) is 4.74 Å². The van der Waals surface area contributed by atoms with Gasteiger partial charge in [0.25, 0.3) is 0 Å². The molecule has 0 radical (unpaired) electrons. The number of Topliss-reactive ketones (excluding diaryl/α,β-unsaturated/α-hetero) is 2. The van der Waals surface area contributed by atoms with Crippen LogP contribution in [-0.2, 0) is 19.1 Å². The molecule has 0 heterocycles. The zero-order valence-corrected chi connectivity index (χ0v) is 9.28. The molecule has 0 aromatic carbocycles. The van der Waals surface area contributed by atoms with E-state index in [1.807, 2.05) is 0 Å². The molecule has 1 rings (SSSR count). The molecule has 4 nitrogen and oxygen atoms in total. The maximum absolute atomic E-state index is 11.5. The number of hydrogen-bond donors (Lipinski definition) is 0. The molecule has 0 spiro atoms. The van der Waals surface area contributed by atoms with Gasteiger partial charge in [0, 0.05) is 18.8 Å². The molecule has 3 atom stereocenters. The predicted octanol–water partition coefficient (Wildman–Crippen LogP) is 1.12. The van der Waals surface area contributed by atoms with Crippen LogP contribution < -0.4 is 0 Å². The Morgan fingerprint density at radius 3 is 2.47 bits per heavy atom. The van der Waals surface area contributed by atoms with Crippen LogP contribution >= 0.6 is 0 Å². The number of rotatable bonds is 3. The lowest BCUT2D eigenvalue weighted by molar-refractivity contribution is -0.147. The third-order valence-corrected chi connectivity index (χ3v) is 2.83. The summed E-state index contributed by atoms with van der Waals surface area (Å²) in [6, 6.07) is 0. The van der Waals surface area contributed by atoms with E-state index in [-0.39, 0.29) is 41.9 Å². The summed E-state index contributed by atoms with van der Waals surface area (Å²) in [4.78, 5) is 33.4. The summed E-state index contributed by atoms with van der Waals surface area (Å²) in [5.41, 5.74) is 0. The van der Waals surface area contributed by atoms with E-state index in [9.17, 15) is 14.4 Å². The Morgan fingerprint density at radius 1 is 1.47 bits per heavy atom. The molecule has 0 saturated heterocycles. The fourth-order valence-corrected chi connectivity index (χ4v) is 1.99. The molecular formula is C11H16O4. The van der Waals surface area contributed by atoms with Gasteiger partial charge in [-0.05, 0) is 13.3 Å². The standard InChI is InChI=1S/C11H16O4/c1-6(15-8(3)12)4-9-7(2)10(13)5-11(9)14/h6-7,9H,4-5H2,1-3H3. The smallest absolute Gasteiger partial charge is 0.302 e. The maximum atomic E-state index is 11.5. The van der Waals surface area contributed by atoms with Crippen LogP contribution in [0.3, 0.4) is 0 Å². The summed E-state index contributed by atoms with van der Waals surface area (Å²) in [5.74, 6) is -0.874. The molecule has 4 heteroatoms. The zero-order chi connectivity index (χ0) is 11.6. The van der Waals surface area contributed by atoms with Crippen LogP contribution in [0.1, 0.15) is 33.6 Å². The molecule has 15 heavy (non-hydrogen) atoms. The molecule has 0 aromatic heterocycles. The van der Waals surface area contributed by atoms with Crippen molar-refractivity contribution >= 4 is 17.5 Å². The van der Waals surface area contributed by atoms with Crippen molar-refractivity contribution in [2.75, 3.05) is 0 Å². The van der Waals surface area contributed by atoms with Gasteiger partial charge >= 0.3 is 5.97 Å². The van der Waals surface area contributed by atoms with Gasteiger partial charge in [-0.1, -0.05) is 6.92 Å². The van der Waals surface area contributed by atoms with Gasteiger partial charge in [0.05, 0.1) is 12.5 Å². The van der Waals surface area contributed by atoms with Crippen molar-refractivity contribution in [3.05, 3.63) is 0 Å². The summed E-state index contributed by atoms with van der Waals surface area (Å²) in [6.45, 7) is 4.84. The Hall–Kier alpha value is -1.19. The number of esters is 1. The molecule has 1 saturated carbocycles. The normalized spacial score (nSPS) is 27.9. The van der Waals surface area contributed by atoms with E-state index >= 15 is 0 Å². The second-order valence-corrected chi connectivity index (χ2v) is 4.16. The Balaban J connectivity index is 2.54. The van der Waals surface area contributed by atoms with Gasteiger partial charge in [0.2, 0.25) is 0 Å². The van der Waals surface area contributed by atoms with E-state index in [1.165, 1.54) is 6.92 Å². The van der Waals surface area contributed by atoms with Crippen molar-refractivity contribution in [2.24, 2.45) is 11.8 Å². The fourth-order valence-electron chi connectivity index (χ4n) is 1.99. The first kappa shape index (κ1) is 11.9. The number of ketones is 2. The van der Waals surface area contributed by atoms with Crippen molar-refractivity contribution in [2.45, 2.75) is 39.7 Å². The van der Waals surface area contributed by atoms with Gasteiger partial charge in [0.15, 0.2) is 0 Å². The minimum atomic E-state index is -0.355. The largest absolute Gasteiger partial charge is 0.463 e. The van der Waals surface area contributed by atoms with Gasteiger partial charge in [0.1, 0.15) is 11.6 Å². The highest BCUT2D eigenvalue weighted by molar-refractivity contribution is 6.08. The lowest BCUT2D eigenvalue weighted by atomic mass is 9.91. The van der Waals surface area contributed by atoms with Crippen LogP contribution in [0, 0.1) is 11.8 Å². The highest BCUT2D eigenvalue weighted by Gasteiger charge is 2.39. The molecule has 84 valence electrons. The van der Waals surface area contributed by atoms with Crippen LogP contribution in [0.2, 0.25) is 0 Å². The minimum Gasteiger partial charge on any atom is -0.463 e. The summed E-state index contributed by atoms with van der Waals surface area (Å²) in [6.07, 6.45) is 0.189. The minimum absolute atomic E-state index is 0.0000231. The van der Waals surface area contributed by atoms with Gasteiger partial charge in [-0.2, -0.15) is 0 Å². The van der Waals surface area contributed by atoms with E-state index in [1.54, 1.807) is 13.8 Å². The second-order valence-electron chi connectivity index (χ2n) is 4.16. The fraction of sp³-hybridized carbons (Fsp3) is 0.727. The first-order valence-electron chi connectivity index (χ1n) is 5.14. The Morgan fingerprint density at radius 2 is 2.07 bits per heavy atom.